The summed E-state index contributed by atoms with van der Waals surface area (Å²) in [6.07, 6.45) is 1.04. The van der Waals surface area contributed by atoms with Gasteiger partial charge in [0.05, 0.1) is 31.1 Å². The number of hydrogen-bond acceptors (Lipinski definition) is 7. The molecule has 1 saturated heterocycles. The number of non-ortho nitro benzene ring substituents is 1. The molecule has 9 nitrogen and oxygen atoms in total. The molecule has 0 aliphatic carbocycles. The van der Waals surface area contributed by atoms with Gasteiger partial charge in [-0.2, -0.15) is 0 Å². The molecule has 0 unspecified atom stereocenters. The van der Waals surface area contributed by atoms with E-state index in [1.807, 2.05) is 18.2 Å². The number of piperazine rings is 1. The zero-order valence-electron chi connectivity index (χ0n) is 22.6. The lowest BCUT2D eigenvalue weighted by Crippen LogP contribution is -2.61. The van der Waals surface area contributed by atoms with E-state index in [1.54, 1.807) is 38.5 Å². The van der Waals surface area contributed by atoms with Gasteiger partial charge in [-0.15, -0.1) is 0 Å². The number of carbonyl (C=O) groups is 1. The molecule has 1 N–H and O–H groups in total. The highest BCUT2D eigenvalue weighted by Gasteiger charge is 2.41. The average molecular weight is 549 g/mol. The normalized spacial score (nSPS) is 18.4. The number of nitro benzene ring substituents is 1. The molecular formula is C30H33FN4O5. The Hall–Kier alpha value is -4.18. The third-order valence-electron chi connectivity index (χ3n) is 7.81. The van der Waals surface area contributed by atoms with Gasteiger partial charge in [-0.25, -0.2) is 4.39 Å². The van der Waals surface area contributed by atoms with E-state index in [-0.39, 0.29) is 29.4 Å². The number of methoxy groups -OCH3 is 2. The third-order valence-corrected chi connectivity index (χ3v) is 7.81. The Morgan fingerprint density at radius 2 is 1.77 bits per heavy atom. The topological polar surface area (TPSA) is 97.2 Å². The maximum absolute atomic E-state index is 13.6. The van der Waals surface area contributed by atoms with Crippen molar-refractivity contribution >= 4 is 17.3 Å². The minimum absolute atomic E-state index is 0.0276. The van der Waals surface area contributed by atoms with Gasteiger partial charge in [-0.1, -0.05) is 18.2 Å². The fourth-order valence-electron chi connectivity index (χ4n) is 5.77. The van der Waals surface area contributed by atoms with Crippen molar-refractivity contribution in [3.63, 3.8) is 0 Å². The summed E-state index contributed by atoms with van der Waals surface area (Å²) in [5.41, 5.74) is 3.81. The number of nitrogens with zero attached hydrogens (tertiary/aromatic N) is 3. The van der Waals surface area contributed by atoms with E-state index in [9.17, 15) is 19.3 Å². The van der Waals surface area contributed by atoms with Crippen LogP contribution in [0.1, 0.15) is 16.7 Å². The molecule has 1 amide bonds. The quantitative estimate of drug-likeness (QED) is 0.319. The molecular weight excluding hydrogens is 515 g/mol. The molecule has 3 aromatic rings. The van der Waals surface area contributed by atoms with Gasteiger partial charge in [0, 0.05) is 50.5 Å². The van der Waals surface area contributed by atoms with Crippen LogP contribution in [0, 0.1) is 21.8 Å². The first-order chi connectivity index (χ1) is 19.4. The maximum atomic E-state index is 13.6. The third kappa shape index (κ3) is 5.86. The number of carbonyl (C=O) groups excluding carboxylic acids is 1. The molecule has 2 atom stereocenters. The molecule has 2 aliphatic rings. The second-order valence-electron chi connectivity index (χ2n) is 10.2. The van der Waals surface area contributed by atoms with Crippen LogP contribution in [0.15, 0.2) is 60.7 Å². The number of rotatable bonds is 9. The molecule has 3 aromatic carbocycles. The molecule has 0 bridgehead atoms. The molecule has 10 heteroatoms. The summed E-state index contributed by atoms with van der Waals surface area (Å²) in [7, 11) is 3.17. The summed E-state index contributed by atoms with van der Waals surface area (Å²) in [6, 6.07) is 17.0. The van der Waals surface area contributed by atoms with Crippen LogP contribution >= 0.6 is 0 Å². The highest BCUT2D eigenvalue weighted by Crippen LogP contribution is 2.38. The highest BCUT2D eigenvalue weighted by atomic mass is 19.1. The largest absolute Gasteiger partial charge is 0.493 e. The predicted octanol–water partition coefficient (Wildman–Crippen LogP) is 3.97. The maximum Gasteiger partial charge on any atom is 0.269 e. The van der Waals surface area contributed by atoms with Crippen molar-refractivity contribution in [3.8, 4) is 11.5 Å². The fourth-order valence-corrected chi connectivity index (χ4v) is 5.77. The SMILES string of the molecule is COc1ccc(CCNC(=O)[C@H]2Cc3cc([N+](=O)[O-])ccc3N3CCN(Cc4ccc(F)cc4)C[C@H]23)cc1OC. The fraction of sp³-hybridized carbons (Fsp3) is 0.367. The highest BCUT2D eigenvalue weighted by molar-refractivity contribution is 5.82. The average Bonchev–Trinajstić information content (AvgIpc) is 2.97. The lowest BCUT2D eigenvalue weighted by Gasteiger charge is -2.49. The van der Waals surface area contributed by atoms with Gasteiger partial charge in [0.1, 0.15) is 5.82 Å². The van der Waals surface area contributed by atoms with E-state index in [2.05, 4.69) is 15.1 Å². The number of amides is 1. The Labute approximate surface area is 232 Å². The molecule has 2 aliphatic heterocycles. The zero-order chi connectivity index (χ0) is 28.2. The van der Waals surface area contributed by atoms with Crippen molar-refractivity contribution in [2.24, 2.45) is 5.92 Å². The van der Waals surface area contributed by atoms with Crippen LogP contribution in [-0.4, -0.2) is 62.2 Å². The molecule has 1 fully saturated rings. The van der Waals surface area contributed by atoms with E-state index < -0.39 is 4.92 Å². The van der Waals surface area contributed by atoms with Crippen LogP contribution in [0.3, 0.4) is 0 Å². The molecule has 0 aromatic heterocycles. The van der Waals surface area contributed by atoms with Gasteiger partial charge >= 0.3 is 0 Å². The summed E-state index contributed by atoms with van der Waals surface area (Å²) in [6.45, 7) is 3.20. The number of nitrogens with one attached hydrogen (secondary N) is 1. The second kappa shape index (κ2) is 11.9. The van der Waals surface area contributed by atoms with Crippen molar-refractivity contribution < 1.29 is 23.6 Å². The van der Waals surface area contributed by atoms with Crippen molar-refractivity contribution in [2.75, 3.05) is 45.3 Å². The van der Waals surface area contributed by atoms with Crippen LogP contribution in [0.2, 0.25) is 0 Å². The predicted molar refractivity (Wildman–Crippen MR) is 149 cm³/mol. The van der Waals surface area contributed by atoms with Crippen molar-refractivity contribution in [1.29, 1.82) is 0 Å². The molecule has 5 rings (SSSR count). The van der Waals surface area contributed by atoms with E-state index in [0.29, 0.717) is 50.5 Å². The van der Waals surface area contributed by atoms with E-state index >= 15 is 0 Å². The first kappa shape index (κ1) is 27.4. The number of benzene rings is 3. The lowest BCUT2D eigenvalue weighted by atomic mass is 9.83. The van der Waals surface area contributed by atoms with Crippen molar-refractivity contribution in [2.45, 2.75) is 25.4 Å². The van der Waals surface area contributed by atoms with Gasteiger partial charge in [0.15, 0.2) is 11.5 Å². The number of ether oxygens (including phenoxy) is 2. The zero-order valence-corrected chi connectivity index (χ0v) is 22.6. The smallest absolute Gasteiger partial charge is 0.269 e. The van der Waals surface area contributed by atoms with Crippen LogP contribution in [-0.2, 0) is 24.2 Å². The Morgan fingerprint density at radius 3 is 2.50 bits per heavy atom. The number of fused-ring (bicyclic) bond motifs is 3. The summed E-state index contributed by atoms with van der Waals surface area (Å²) >= 11 is 0. The molecule has 0 saturated carbocycles. The minimum Gasteiger partial charge on any atom is -0.493 e. The first-order valence-electron chi connectivity index (χ1n) is 13.4. The van der Waals surface area contributed by atoms with Gasteiger partial charge in [-0.05, 0) is 59.9 Å². The van der Waals surface area contributed by atoms with E-state index in [0.717, 1.165) is 28.9 Å². The van der Waals surface area contributed by atoms with Gasteiger partial charge in [0.25, 0.3) is 5.69 Å². The standard InChI is InChI=1S/C30H33FN4O5/c1-39-28-10-5-20(15-29(28)40-2)11-12-32-30(36)25-17-22-16-24(35(37)38)8-9-26(22)34-14-13-33(19-27(25)34)18-21-3-6-23(31)7-4-21/h3-10,15-16,25,27H,11-14,17-19H2,1-2H3,(H,32,36)/t25-,27+/m0/s1. The molecule has 0 radical (unpaired) electrons. The van der Waals surface area contributed by atoms with E-state index in [4.69, 9.17) is 9.47 Å². The Kier molecular flexibility index (Phi) is 8.16. The summed E-state index contributed by atoms with van der Waals surface area (Å²) < 4.78 is 24.1. The van der Waals surface area contributed by atoms with Gasteiger partial charge in [-0.3, -0.25) is 19.8 Å². The van der Waals surface area contributed by atoms with Crippen LogP contribution in [0.5, 0.6) is 11.5 Å². The minimum atomic E-state index is -0.398. The summed E-state index contributed by atoms with van der Waals surface area (Å²) in [5, 5.41) is 14.6. The lowest BCUT2D eigenvalue weighted by molar-refractivity contribution is -0.384. The van der Waals surface area contributed by atoms with Crippen molar-refractivity contribution in [3.05, 3.63) is 93.3 Å². The number of anilines is 1. The van der Waals surface area contributed by atoms with Crippen LogP contribution in [0.4, 0.5) is 15.8 Å². The van der Waals surface area contributed by atoms with Gasteiger partial charge in [0.2, 0.25) is 5.91 Å². The Morgan fingerprint density at radius 1 is 1.02 bits per heavy atom. The number of nitro groups is 1. The summed E-state index contributed by atoms with van der Waals surface area (Å²) in [5.74, 6) is 0.562. The Bertz CT molecular complexity index is 1380. The monoisotopic (exact) mass is 548 g/mol. The Balaban J connectivity index is 1.32. The second-order valence-corrected chi connectivity index (χ2v) is 10.2. The number of halogens is 1. The van der Waals surface area contributed by atoms with E-state index in [1.165, 1.54) is 18.2 Å². The summed E-state index contributed by atoms with van der Waals surface area (Å²) in [4.78, 5) is 29.2. The van der Waals surface area contributed by atoms with Crippen molar-refractivity contribution in [1.82, 2.24) is 10.2 Å². The van der Waals surface area contributed by atoms with Gasteiger partial charge < -0.3 is 19.7 Å². The molecule has 0 spiro atoms. The van der Waals surface area contributed by atoms with Crippen LogP contribution < -0.4 is 19.7 Å². The first-order valence-corrected chi connectivity index (χ1v) is 13.4. The molecule has 2 heterocycles. The number of hydrogen-bond donors (Lipinski definition) is 1. The molecule has 210 valence electrons. The van der Waals surface area contributed by atoms with Crippen LogP contribution in [0.25, 0.3) is 0 Å². The molecule has 40 heavy (non-hydrogen) atoms.